The van der Waals surface area contributed by atoms with Gasteiger partial charge in [0.1, 0.15) is 0 Å². The van der Waals surface area contributed by atoms with Gasteiger partial charge in [0.25, 0.3) is 0 Å². The summed E-state index contributed by atoms with van der Waals surface area (Å²) in [6.45, 7) is 3.73. The molecule has 1 aliphatic rings. The predicted octanol–water partition coefficient (Wildman–Crippen LogP) is 2.08. The molecule has 8 heteroatoms. The van der Waals surface area contributed by atoms with E-state index in [0.717, 1.165) is 6.07 Å². The molecule has 4 N–H and O–H groups in total. The van der Waals surface area contributed by atoms with Crippen LogP contribution in [0.5, 0.6) is 0 Å². The zero-order valence-electron chi connectivity index (χ0n) is 11.6. The van der Waals surface area contributed by atoms with Gasteiger partial charge in [0.15, 0.2) is 0 Å². The van der Waals surface area contributed by atoms with Gasteiger partial charge in [-0.05, 0) is 26.0 Å². The minimum atomic E-state index is -4.51. The van der Waals surface area contributed by atoms with E-state index in [9.17, 15) is 18.0 Å². The molecule has 0 radical (unpaired) electrons. The summed E-state index contributed by atoms with van der Waals surface area (Å²) in [5.41, 5.74) is 4.77. The fourth-order valence-electron chi connectivity index (χ4n) is 2.27. The van der Waals surface area contributed by atoms with Crippen molar-refractivity contribution in [3.63, 3.8) is 0 Å². The first-order valence-corrected chi connectivity index (χ1v) is 6.54. The van der Waals surface area contributed by atoms with Gasteiger partial charge in [-0.3, -0.25) is 10.9 Å². The van der Waals surface area contributed by atoms with Gasteiger partial charge in [0.05, 0.1) is 17.3 Å². The zero-order valence-corrected chi connectivity index (χ0v) is 11.6. The first-order valence-electron chi connectivity index (χ1n) is 6.54. The summed E-state index contributed by atoms with van der Waals surface area (Å²) < 4.78 is 38.5. The second kappa shape index (κ2) is 5.90. The number of benzene rings is 1. The van der Waals surface area contributed by atoms with Crippen molar-refractivity contribution in [2.75, 3.05) is 5.32 Å². The number of rotatable bonds is 2. The molecule has 2 unspecified atom stereocenters. The molecule has 0 aliphatic carbocycles. The molecule has 2 atom stereocenters. The lowest BCUT2D eigenvalue weighted by molar-refractivity contribution is -0.136. The summed E-state index contributed by atoms with van der Waals surface area (Å²) in [6.07, 6.45) is -4.51. The van der Waals surface area contributed by atoms with Crippen molar-refractivity contribution in [1.29, 1.82) is 0 Å². The average Bonchev–Trinajstić information content (AvgIpc) is 2.70. The predicted molar refractivity (Wildman–Crippen MR) is 72.6 cm³/mol. The Morgan fingerprint density at radius 2 is 1.71 bits per heavy atom. The number of carbonyl (C=O) groups is 1. The smallest absolute Gasteiger partial charge is 0.332 e. The Labute approximate surface area is 120 Å². The summed E-state index contributed by atoms with van der Waals surface area (Å²) in [7, 11) is 0. The van der Waals surface area contributed by atoms with Gasteiger partial charge in [0.2, 0.25) is 0 Å². The van der Waals surface area contributed by atoms with Crippen LogP contribution in [0, 0.1) is 0 Å². The molecule has 1 heterocycles. The van der Waals surface area contributed by atoms with Crippen LogP contribution in [0.2, 0.25) is 0 Å². The third kappa shape index (κ3) is 3.64. The molecule has 0 aromatic heterocycles. The van der Waals surface area contributed by atoms with E-state index in [-0.39, 0.29) is 23.8 Å². The molecule has 1 aromatic carbocycles. The fraction of sp³-hybridized carbons (Fsp3) is 0.462. The van der Waals surface area contributed by atoms with E-state index in [1.807, 2.05) is 13.8 Å². The van der Waals surface area contributed by atoms with Crippen molar-refractivity contribution < 1.29 is 18.0 Å². The van der Waals surface area contributed by atoms with Gasteiger partial charge in [-0.25, -0.2) is 4.79 Å². The van der Waals surface area contributed by atoms with Crippen LogP contribution in [0.25, 0.3) is 0 Å². The minimum absolute atomic E-state index is 0.0244. The lowest BCUT2D eigenvalue weighted by Crippen LogP contribution is -2.48. The van der Waals surface area contributed by atoms with Crippen molar-refractivity contribution in [2.24, 2.45) is 0 Å². The van der Waals surface area contributed by atoms with Gasteiger partial charge >= 0.3 is 12.2 Å². The van der Waals surface area contributed by atoms with Gasteiger partial charge in [-0.15, -0.1) is 0 Å². The van der Waals surface area contributed by atoms with Gasteiger partial charge in [0, 0.05) is 12.1 Å². The number of hydrazine groups is 1. The van der Waals surface area contributed by atoms with E-state index >= 15 is 0 Å². The largest absolute Gasteiger partial charge is 0.418 e. The van der Waals surface area contributed by atoms with Gasteiger partial charge in [-0.2, -0.15) is 13.2 Å². The number of para-hydroxylation sites is 1. The maximum Gasteiger partial charge on any atom is 0.418 e. The van der Waals surface area contributed by atoms with E-state index in [1.165, 1.54) is 18.2 Å². The maximum atomic E-state index is 12.8. The minimum Gasteiger partial charge on any atom is -0.332 e. The highest BCUT2D eigenvalue weighted by Gasteiger charge is 2.34. The molecule has 2 rings (SSSR count). The number of anilines is 1. The molecule has 1 aliphatic heterocycles. The van der Waals surface area contributed by atoms with Crippen molar-refractivity contribution in [1.82, 2.24) is 16.2 Å². The summed E-state index contributed by atoms with van der Waals surface area (Å²) in [5, 5.41) is 4.92. The van der Waals surface area contributed by atoms with E-state index in [4.69, 9.17) is 0 Å². The highest BCUT2D eigenvalue weighted by Crippen LogP contribution is 2.34. The molecule has 116 valence electrons. The first kappa shape index (κ1) is 15.6. The molecule has 1 saturated heterocycles. The average molecular weight is 302 g/mol. The fourth-order valence-corrected chi connectivity index (χ4v) is 2.27. The van der Waals surface area contributed by atoms with Crippen molar-refractivity contribution in [3.05, 3.63) is 29.8 Å². The molecule has 0 spiro atoms. The van der Waals surface area contributed by atoms with Gasteiger partial charge < -0.3 is 10.6 Å². The van der Waals surface area contributed by atoms with Crippen LogP contribution in [0.1, 0.15) is 19.4 Å². The van der Waals surface area contributed by atoms with Crippen LogP contribution in [-0.2, 0) is 6.18 Å². The molecule has 0 bridgehead atoms. The highest BCUT2D eigenvalue weighted by molar-refractivity contribution is 5.90. The lowest BCUT2D eigenvalue weighted by Gasteiger charge is -2.21. The molecule has 2 amide bonds. The molecule has 21 heavy (non-hydrogen) atoms. The number of hydrogen-bond donors (Lipinski definition) is 4. The molecular weight excluding hydrogens is 285 g/mol. The van der Waals surface area contributed by atoms with Crippen LogP contribution >= 0.6 is 0 Å². The van der Waals surface area contributed by atoms with Crippen molar-refractivity contribution in [2.45, 2.75) is 38.1 Å². The quantitative estimate of drug-likeness (QED) is 0.676. The molecule has 1 fully saturated rings. The SMILES string of the molecule is CC1NNC(C)C1NC(=O)Nc1ccccc1C(F)(F)F. The van der Waals surface area contributed by atoms with Crippen LogP contribution in [0.15, 0.2) is 24.3 Å². The van der Waals surface area contributed by atoms with E-state index in [1.54, 1.807) is 0 Å². The van der Waals surface area contributed by atoms with Crippen LogP contribution in [-0.4, -0.2) is 24.2 Å². The van der Waals surface area contributed by atoms with E-state index < -0.39 is 17.8 Å². The Morgan fingerprint density at radius 3 is 2.29 bits per heavy atom. The second-order valence-corrected chi connectivity index (χ2v) is 5.03. The third-order valence-electron chi connectivity index (χ3n) is 3.39. The standard InChI is InChI=1S/C13H17F3N4O/c1-7-11(8(2)20-19-7)18-12(21)17-10-6-4-3-5-9(10)13(14,15)16/h3-8,11,19-20H,1-2H3,(H2,17,18,21). The Bertz CT molecular complexity index is 510. The monoisotopic (exact) mass is 302 g/mol. The van der Waals surface area contributed by atoms with E-state index in [0.29, 0.717) is 0 Å². The van der Waals surface area contributed by atoms with Gasteiger partial charge in [-0.1, -0.05) is 12.1 Å². The van der Waals surface area contributed by atoms with Crippen LogP contribution in [0.3, 0.4) is 0 Å². The summed E-state index contributed by atoms with van der Waals surface area (Å²) in [5.74, 6) is 0. The van der Waals surface area contributed by atoms with Crippen LogP contribution in [0.4, 0.5) is 23.7 Å². The van der Waals surface area contributed by atoms with Crippen molar-refractivity contribution >= 4 is 11.7 Å². The first-order chi connectivity index (χ1) is 9.79. The number of carbonyl (C=O) groups excluding carboxylic acids is 1. The number of nitrogens with one attached hydrogen (secondary N) is 4. The maximum absolute atomic E-state index is 12.8. The lowest BCUT2D eigenvalue weighted by atomic mass is 10.1. The number of urea groups is 1. The summed E-state index contributed by atoms with van der Waals surface area (Å²) in [6, 6.07) is 3.94. The Morgan fingerprint density at radius 1 is 1.14 bits per heavy atom. The third-order valence-corrected chi connectivity index (χ3v) is 3.39. The molecular formula is C13H17F3N4O. The normalized spacial score (nSPS) is 25.7. The number of hydrogen-bond acceptors (Lipinski definition) is 3. The zero-order chi connectivity index (χ0) is 15.6. The number of alkyl halides is 3. The van der Waals surface area contributed by atoms with Crippen LogP contribution < -0.4 is 21.5 Å². The Kier molecular flexibility index (Phi) is 4.38. The molecule has 5 nitrogen and oxygen atoms in total. The summed E-state index contributed by atoms with van der Waals surface area (Å²) >= 11 is 0. The second-order valence-electron chi connectivity index (χ2n) is 5.03. The van der Waals surface area contributed by atoms with Crippen molar-refractivity contribution in [3.8, 4) is 0 Å². The number of halogens is 3. The Hall–Kier alpha value is -1.80. The molecule has 0 saturated carbocycles. The summed E-state index contributed by atoms with van der Waals surface area (Å²) in [4.78, 5) is 11.9. The Balaban J connectivity index is 2.07. The highest BCUT2D eigenvalue weighted by atomic mass is 19.4. The number of amides is 2. The topological polar surface area (TPSA) is 65.2 Å². The van der Waals surface area contributed by atoms with E-state index in [2.05, 4.69) is 21.5 Å². The molecule has 1 aromatic rings.